The molecule has 2 aliphatic rings. The van der Waals surface area contributed by atoms with Gasteiger partial charge in [-0.1, -0.05) is 26.0 Å². The average Bonchev–Trinajstić information content (AvgIpc) is 3.30. The van der Waals surface area contributed by atoms with Gasteiger partial charge >= 0.3 is 0 Å². The Morgan fingerprint density at radius 3 is 2.70 bits per heavy atom. The van der Waals surface area contributed by atoms with E-state index in [4.69, 9.17) is 4.74 Å². The van der Waals surface area contributed by atoms with Crippen LogP contribution in [0.4, 0.5) is 5.00 Å². The van der Waals surface area contributed by atoms with E-state index in [2.05, 4.69) is 17.6 Å². The maximum absolute atomic E-state index is 13.3. The van der Waals surface area contributed by atoms with Crippen LogP contribution in [0, 0.1) is 5.92 Å². The molecule has 1 fully saturated rings. The number of thiophene rings is 1. The van der Waals surface area contributed by atoms with Crippen LogP contribution in [-0.4, -0.2) is 44.4 Å². The fourth-order valence-electron chi connectivity index (χ4n) is 4.41. The molecule has 0 radical (unpaired) electrons. The van der Waals surface area contributed by atoms with Gasteiger partial charge < -0.3 is 15.4 Å². The van der Waals surface area contributed by atoms with Gasteiger partial charge in [0.15, 0.2) is 9.84 Å². The number of benzene rings is 1. The Labute approximate surface area is 198 Å². The minimum Gasteiger partial charge on any atom is -0.493 e. The molecule has 2 N–H and O–H groups in total. The van der Waals surface area contributed by atoms with Gasteiger partial charge in [0.1, 0.15) is 10.8 Å². The molecule has 2 amide bonds. The molecule has 2 aromatic rings. The van der Waals surface area contributed by atoms with Crippen molar-refractivity contribution in [2.45, 2.75) is 52.0 Å². The Morgan fingerprint density at radius 1 is 1.18 bits per heavy atom. The third-order valence-electron chi connectivity index (χ3n) is 6.13. The molecule has 178 valence electrons. The second-order valence-corrected chi connectivity index (χ2v) is 12.3. The van der Waals surface area contributed by atoms with E-state index >= 15 is 0 Å². The zero-order chi connectivity index (χ0) is 23.6. The number of ether oxygens (including phenoxy) is 1. The van der Waals surface area contributed by atoms with Gasteiger partial charge in [0, 0.05) is 10.9 Å². The summed E-state index contributed by atoms with van der Waals surface area (Å²) in [7, 11) is -3.11. The predicted octanol–water partition coefficient (Wildman–Crippen LogP) is 3.83. The van der Waals surface area contributed by atoms with Crippen molar-refractivity contribution in [1.82, 2.24) is 5.32 Å². The molecule has 4 rings (SSSR count). The Balaban J connectivity index is 1.62. The van der Waals surface area contributed by atoms with Crippen molar-refractivity contribution in [3.05, 3.63) is 45.8 Å². The molecule has 1 aliphatic carbocycles. The highest BCUT2D eigenvalue weighted by Crippen LogP contribution is 2.40. The van der Waals surface area contributed by atoms with Crippen LogP contribution in [0.15, 0.2) is 24.3 Å². The number of carbonyl (C=O) groups excluding carboxylic acids is 2. The van der Waals surface area contributed by atoms with Crippen LogP contribution in [0.2, 0.25) is 0 Å². The Bertz CT molecular complexity index is 1160. The molecule has 0 saturated carbocycles. The first kappa shape index (κ1) is 23.8. The van der Waals surface area contributed by atoms with Crippen LogP contribution in [0.5, 0.6) is 5.75 Å². The van der Waals surface area contributed by atoms with E-state index in [1.165, 1.54) is 11.3 Å². The monoisotopic (exact) mass is 490 g/mol. The van der Waals surface area contributed by atoms with Gasteiger partial charge in [0.2, 0.25) is 0 Å². The molecule has 7 nitrogen and oxygen atoms in total. The number of hydrogen-bond donors (Lipinski definition) is 2. The van der Waals surface area contributed by atoms with Crippen molar-refractivity contribution in [1.29, 1.82) is 0 Å². The summed E-state index contributed by atoms with van der Waals surface area (Å²) < 4.78 is 29.4. The number of sulfone groups is 1. The van der Waals surface area contributed by atoms with Crippen molar-refractivity contribution >= 4 is 38.0 Å². The van der Waals surface area contributed by atoms with Crippen LogP contribution < -0.4 is 15.4 Å². The van der Waals surface area contributed by atoms with E-state index in [0.29, 0.717) is 40.8 Å². The fraction of sp³-hybridized carbons (Fsp3) is 0.500. The molecule has 1 aromatic carbocycles. The Kier molecular flexibility index (Phi) is 7.09. The third-order valence-corrected chi connectivity index (χ3v) is 9.06. The average molecular weight is 491 g/mol. The molecule has 0 spiro atoms. The number of rotatable bonds is 7. The highest BCUT2D eigenvalue weighted by atomic mass is 32.2. The molecular formula is C24H30N2O5S2. The zero-order valence-corrected chi connectivity index (χ0v) is 20.6. The second kappa shape index (κ2) is 9.85. The number of nitrogens with one attached hydrogen (secondary N) is 2. The minimum atomic E-state index is -3.11. The number of amides is 2. The summed E-state index contributed by atoms with van der Waals surface area (Å²) in [5.41, 5.74) is 1.87. The molecule has 9 heteroatoms. The highest BCUT2D eigenvalue weighted by Gasteiger charge is 2.33. The SMILES string of the molecule is CCCOc1ccccc1C(=O)Nc1sc2c(c1C(=O)N[C@H]1CCS(=O)(=O)C1)CC[C@@H](C)C2. The van der Waals surface area contributed by atoms with E-state index in [1.54, 1.807) is 18.2 Å². The normalized spacial score (nSPS) is 21.3. The summed E-state index contributed by atoms with van der Waals surface area (Å²) in [6, 6.07) is 6.68. The summed E-state index contributed by atoms with van der Waals surface area (Å²) in [4.78, 5) is 27.6. The van der Waals surface area contributed by atoms with Crippen molar-refractivity contribution in [2.24, 2.45) is 5.92 Å². The summed E-state index contributed by atoms with van der Waals surface area (Å²) in [6.07, 6.45) is 3.85. The zero-order valence-electron chi connectivity index (χ0n) is 19.0. The molecule has 1 aromatic heterocycles. The summed E-state index contributed by atoms with van der Waals surface area (Å²) >= 11 is 1.45. The number of para-hydroxylation sites is 1. The van der Waals surface area contributed by atoms with Crippen LogP contribution in [-0.2, 0) is 22.7 Å². The molecule has 0 bridgehead atoms. The van der Waals surface area contributed by atoms with E-state index in [-0.39, 0.29) is 23.3 Å². The third kappa shape index (κ3) is 5.41. The first-order valence-electron chi connectivity index (χ1n) is 11.5. The fourth-order valence-corrected chi connectivity index (χ4v) is 7.48. The van der Waals surface area contributed by atoms with Gasteiger partial charge in [0.25, 0.3) is 11.8 Å². The summed E-state index contributed by atoms with van der Waals surface area (Å²) in [6.45, 7) is 4.69. The van der Waals surface area contributed by atoms with Crippen molar-refractivity contribution in [2.75, 3.05) is 23.4 Å². The van der Waals surface area contributed by atoms with E-state index < -0.39 is 15.9 Å². The summed E-state index contributed by atoms with van der Waals surface area (Å²) in [5.74, 6) is 0.440. The van der Waals surface area contributed by atoms with Crippen LogP contribution in [0.25, 0.3) is 0 Å². The molecule has 1 aliphatic heterocycles. The lowest BCUT2D eigenvalue weighted by Gasteiger charge is -2.19. The van der Waals surface area contributed by atoms with Gasteiger partial charge in [-0.2, -0.15) is 0 Å². The molecule has 2 atom stereocenters. The van der Waals surface area contributed by atoms with E-state index in [9.17, 15) is 18.0 Å². The number of fused-ring (bicyclic) bond motifs is 1. The molecular weight excluding hydrogens is 460 g/mol. The Hall–Kier alpha value is -2.39. The lowest BCUT2D eigenvalue weighted by atomic mass is 9.88. The lowest BCUT2D eigenvalue weighted by Crippen LogP contribution is -2.36. The predicted molar refractivity (Wildman–Crippen MR) is 130 cm³/mol. The minimum absolute atomic E-state index is 0.0358. The number of carbonyl (C=O) groups is 2. The van der Waals surface area contributed by atoms with Crippen molar-refractivity contribution < 1.29 is 22.7 Å². The standard InChI is InChI=1S/C24H30N2O5S2/c1-3-11-31-19-7-5-4-6-17(19)22(27)26-24-21(18-9-8-15(2)13-20(18)32-24)23(28)25-16-10-12-33(29,30)14-16/h4-7,15-16H,3,8-14H2,1-2H3,(H,25,28)(H,26,27)/t15-,16+/m1/s1. The smallest absolute Gasteiger partial charge is 0.260 e. The second-order valence-electron chi connectivity index (χ2n) is 8.93. The van der Waals surface area contributed by atoms with Gasteiger partial charge in [0.05, 0.1) is 29.2 Å². The highest BCUT2D eigenvalue weighted by molar-refractivity contribution is 7.91. The van der Waals surface area contributed by atoms with Gasteiger partial charge in [-0.3, -0.25) is 9.59 Å². The van der Waals surface area contributed by atoms with Crippen LogP contribution in [0.3, 0.4) is 0 Å². The molecule has 0 unspecified atom stereocenters. The van der Waals surface area contributed by atoms with Crippen LogP contribution >= 0.6 is 11.3 Å². The van der Waals surface area contributed by atoms with Gasteiger partial charge in [-0.25, -0.2) is 8.42 Å². The topological polar surface area (TPSA) is 102 Å². The van der Waals surface area contributed by atoms with Gasteiger partial charge in [-0.05, 0) is 55.7 Å². The lowest BCUT2D eigenvalue weighted by molar-refractivity contribution is 0.0941. The quantitative estimate of drug-likeness (QED) is 0.614. The van der Waals surface area contributed by atoms with E-state index in [1.807, 2.05) is 13.0 Å². The van der Waals surface area contributed by atoms with Crippen molar-refractivity contribution in [3.8, 4) is 5.75 Å². The van der Waals surface area contributed by atoms with Crippen LogP contribution in [0.1, 0.15) is 64.3 Å². The molecule has 33 heavy (non-hydrogen) atoms. The maximum atomic E-state index is 13.3. The number of anilines is 1. The largest absolute Gasteiger partial charge is 0.493 e. The maximum Gasteiger partial charge on any atom is 0.260 e. The molecule has 1 saturated heterocycles. The van der Waals surface area contributed by atoms with Crippen molar-refractivity contribution in [3.63, 3.8) is 0 Å². The summed E-state index contributed by atoms with van der Waals surface area (Å²) in [5, 5.41) is 6.38. The van der Waals surface area contributed by atoms with Gasteiger partial charge in [-0.15, -0.1) is 11.3 Å². The number of hydrogen-bond acceptors (Lipinski definition) is 6. The molecule has 2 heterocycles. The first-order valence-corrected chi connectivity index (χ1v) is 14.1. The van der Waals surface area contributed by atoms with E-state index in [0.717, 1.165) is 36.1 Å². The Morgan fingerprint density at radius 2 is 1.97 bits per heavy atom. The first-order chi connectivity index (χ1) is 15.8.